The van der Waals surface area contributed by atoms with E-state index >= 15 is 0 Å². The predicted octanol–water partition coefficient (Wildman–Crippen LogP) is 4.81. The van der Waals surface area contributed by atoms with Crippen molar-refractivity contribution in [2.75, 3.05) is 0 Å². The van der Waals surface area contributed by atoms with Crippen LogP contribution in [0, 0.1) is 0 Å². The summed E-state index contributed by atoms with van der Waals surface area (Å²) in [5.41, 5.74) is 3.95. The topological polar surface area (TPSA) is 88.8 Å². The minimum atomic E-state index is -3.82. The molecule has 4 rings (SSSR count). The lowest BCUT2D eigenvalue weighted by Crippen LogP contribution is -2.13. The number of fused-ring (bicyclic) bond motifs is 1. The van der Waals surface area contributed by atoms with Crippen LogP contribution in [-0.2, 0) is 10.0 Å². The van der Waals surface area contributed by atoms with Gasteiger partial charge in [0.25, 0.3) is 0 Å². The number of sulfonamides is 1. The van der Waals surface area contributed by atoms with Gasteiger partial charge in [0.15, 0.2) is 0 Å². The molecule has 0 aliphatic heterocycles. The number of benzene rings is 3. The number of imidazole rings is 1. The molecule has 0 saturated heterocycles. The van der Waals surface area contributed by atoms with Crippen molar-refractivity contribution in [1.82, 2.24) is 9.97 Å². The van der Waals surface area contributed by atoms with Gasteiger partial charge in [0.2, 0.25) is 10.0 Å². The first-order chi connectivity index (χ1) is 13.4. The zero-order valence-corrected chi connectivity index (χ0v) is 17.0. The summed E-state index contributed by atoms with van der Waals surface area (Å²) in [6.45, 7) is 0. The maximum absolute atomic E-state index is 11.9. The zero-order chi connectivity index (χ0) is 19.7. The summed E-state index contributed by atoms with van der Waals surface area (Å²) in [6.07, 6.45) is 3.87. The summed E-state index contributed by atoms with van der Waals surface area (Å²) in [5, 5.41) is 5.36. The lowest BCUT2D eigenvalue weighted by atomic mass is 10.1. The van der Waals surface area contributed by atoms with Gasteiger partial charge >= 0.3 is 0 Å². The minimum absolute atomic E-state index is 0.0962. The van der Waals surface area contributed by atoms with Crippen LogP contribution >= 0.6 is 15.9 Å². The van der Waals surface area contributed by atoms with E-state index in [2.05, 4.69) is 25.9 Å². The highest BCUT2D eigenvalue weighted by atomic mass is 79.9. The molecule has 0 saturated carbocycles. The molecule has 3 N–H and O–H groups in total. The Kier molecular flexibility index (Phi) is 4.89. The number of aromatic amines is 1. The van der Waals surface area contributed by atoms with Crippen molar-refractivity contribution in [3.63, 3.8) is 0 Å². The molecule has 1 aromatic heterocycles. The third kappa shape index (κ3) is 3.77. The SMILES string of the molecule is NS(=O)(=O)c1ccccc1-c1ccc2[nH]c(C=Cc3ccccc3Br)nc2c1. The first-order valence-electron chi connectivity index (χ1n) is 8.46. The van der Waals surface area contributed by atoms with Crippen LogP contribution in [0.5, 0.6) is 0 Å². The van der Waals surface area contributed by atoms with Gasteiger partial charge < -0.3 is 4.98 Å². The number of aromatic nitrogens is 2. The minimum Gasteiger partial charge on any atom is -0.338 e. The van der Waals surface area contributed by atoms with Crippen LogP contribution < -0.4 is 5.14 Å². The Bertz CT molecular complexity index is 1310. The molecule has 28 heavy (non-hydrogen) atoms. The fourth-order valence-electron chi connectivity index (χ4n) is 3.00. The Hall–Kier alpha value is -2.74. The standard InChI is InChI=1S/C21H16BrN3O2S/c22-17-7-3-1-5-14(17)10-12-21-24-18-11-9-15(13-19(18)25-21)16-6-2-4-8-20(16)28(23,26)27/h1-13H,(H,24,25)(H2,23,26,27). The quantitative estimate of drug-likeness (QED) is 0.464. The van der Waals surface area contributed by atoms with Gasteiger partial charge in [-0.15, -0.1) is 0 Å². The Morgan fingerprint density at radius 1 is 0.964 bits per heavy atom. The fraction of sp³-hybridized carbons (Fsp3) is 0. The number of primary sulfonamides is 1. The summed E-state index contributed by atoms with van der Waals surface area (Å²) in [6, 6.07) is 20.2. The molecule has 0 unspecified atom stereocenters. The first kappa shape index (κ1) is 18.6. The third-order valence-corrected chi connectivity index (χ3v) is 6.02. The van der Waals surface area contributed by atoms with E-state index in [0.717, 1.165) is 26.6 Å². The maximum Gasteiger partial charge on any atom is 0.238 e. The number of halogens is 1. The van der Waals surface area contributed by atoms with Crippen LogP contribution in [0.3, 0.4) is 0 Å². The lowest BCUT2D eigenvalue weighted by Gasteiger charge is -2.07. The molecule has 7 heteroatoms. The van der Waals surface area contributed by atoms with Crippen LogP contribution in [0.25, 0.3) is 34.3 Å². The van der Waals surface area contributed by atoms with E-state index in [1.54, 1.807) is 18.2 Å². The van der Waals surface area contributed by atoms with E-state index in [1.807, 2.05) is 54.6 Å². The van der Waals surface area contributed by atoms with Gasteiger partial charge in [-0.1, -0.05) is 64.5 Å². The number of rotatable bonds is 4. The smallest absolute Gasteiger partial charge is 0.238 e. The van der Waals surface area contributed by atoms with Crippen molar-refractivity contribution in [1.29, 1.82) is 0 Å². The third-order valence-electron chi connectivity index (χ3n) is 4.33. The van der Waals surface area contributed by atoms with Crippen LogP contribution in [0.4, 0.5) is 0 Å². The van der Waals surface area contributed by atoms with Crippen molar-refractivity contribution in [3.8, 4) is 11.1 Å². The van der Waals surface area contributed by atoms with Crippen molar-refractivity contribution in [2.24, 2.45) is 5.14 Å². The molecule has 0 atom stereocenters. The molecule has 3 aromatic carbocycles. The van der Waals surface area contributed by atoms with Gasteiger partial charge in [-0.3, -0.25) is 0 Å². The van der Waals surface area contributed by atoms with Crippen molar-refractivity contribution in [2.45, 2.75) is 4.90 Å². The molecule has 1 heterocycles. The summed E-state index contributed by atoms with van der Waals surface area (Å²) in [7, 11) is -3.82. The molecule has 0 fully saturated rings. The molecule has 0 radical (unpaired) electrons. The average molecular weight is 454 g/mol. The van der Waals surface area contributed by atoms with E-state index in [0.29, 0.717) is 11.4 Å². The fourth-order valence-corrected chi connectivity index (χ4v) is 4.18. The monoisotopic (exact) mass is 453 g/mol. The van der Waals surface area contributed by atoms with E-state index in [1.165, 1.54) is 6.07 Å². The Morgan fingerprint density at radius 3 is 2.50 bits per heavy atom. The molecule has 0 amide bonds. The summed E-state index contributed by atoms with van der Waals surface area (Å²) in [5.74, 6) is 0.711. The molecule has 0 bridgehead atoms. The summed E-state index contributed by atoms with van der Waals surface area (Å²) in [4.78, 5) is 7.95. The van der Waals surface area contributed by atoms with Gasteiger partial charge in [-0.25, -0.2) is 18.5 Å². The molecular formula is C21H16BrN3O2S. The molecule has 0 aliphatic carbocycles. The van der Waals surface area contributed by atoms with Gasteiger partial charge in [0.05, 0.1) is 15.9 Å². The van der Waals surface area contributed by atoms with E-state index in [4.69, 9.17) is 5.14 Å². The van der Waals surface area contributed by atoms with Gasteiger partial charge in [-0.2, -0.15) is 0 Å². The van der Waals surface area contributed by atoms with Gasteiger partial charge in [0, 0.05) is 10.0 Å². The Balaban J connectivity index is 1.73. The van der Waals surface area contributed by atoms with Crippen LogP contribution in [0.15, 0.2) is 76.1 Å². The number of nitrogens with one attached hydrogen (secondary N) is 1. The van der Waals surface area contributed by atoms with E-state index in [9.17, 15) is 8.42 Å². The second-order valence-electron chi connectivity index (χ2n) is 6.25. The number of nitrogens with zero attached hydrogens (tertiary/aromatic N) is 1. The zero-order valence-electron chi connectivity index (χ0n) is 14.6. The Morgan fingerprint density at radius 2 is 1.71 bits per heavy atom. The number of hydrogen-bond acceptors (Lipinski definition) is 3. The normalized spacial score (nSPS) is 12.1. The average Bonchev–Trinajstić information content (AvgIpc) is 3.09. The molecular weight excluding hydrogens is 438 g/mol. The first-order valence-corrected chi connectivity index (χ1v) is 10.8. The highest BCUT2D eigenvalue weighted by molar-refractivity contribution is 9.10. The largest absolute Gasteiger partial charge is 0.338 e. The summed E-state index contributed by atoms with van der Waals surface area (Å²) >= 11 is 3.52. The highest BCUT2D eigenvalue weighted by Gasteiger charge is 2.15. The molecule has 5 nitrogen and oxygen atoms in total. The molecule has 0 spiro atoms. The highest BCUT2D eigenvalue weighted by Crippen LogP contribution is 2.29. The lowest BCUT2D eigenvalue weighted by molar-refractivity contribution is 0.598. The van der Waals surface area contributed by atoms with Crippen molar-refractivity contribution >= 4 is 49.1 Å². The molecule has 4 aromatic rings. The van der Waals surface area contributed by atoms with Gasteiger partial charge in [0.1, 0.15) is 5.82 Å². The molecule has 0 aliphatic rings. The Labute approximate surface area is 171 Å². The van der Waals surface area contributed by atoms with Crippen LogP contribution in [0.1, 0.15) is 11.4 Å². The number of nitrogens with two attached hydrogens (primary N) is 1. The van der Waals surface area contributed by atoms with Gasteiger partial charge in [-0.05, 0) is 41.5 Å². The van der Waals surface area contributed by atoms with E-state index in [-0.39, 0.29) is 4.90 Å². The number of hydrogen-bond donors (Lipinski definition) is 2. The maximum atomic E-state index is 11.9. The summed E-state index contributed by atoms with van der Waals surface area (Å²) < 4.78 is 24.8. The van der Waals surface area contributed by atoms with Crippen LogP contribution in [0.2, 0.25) is 0 Å². The predicted molar refractivity (Wildman–Crippen MR) is 116 cm³/mol. The second-order valence-corrected chi connectivity index (χ2v) is 8.63. The second kappa shape index (κ2) is 7.35. The van der Waals surface area contributed by atoms with Crippen LogP contribution in [-0.4, -0.2) is 18.4 Å². The van der Waals surface area contributed by atoms with Crippen molar-refractivity contribution < 1.29 is 8.42 Å². The molecule has 140 valence electrons. The number of H-pyrrole nitrogens is 1. The van der Waals surface area contributed by atoms with E-state index < -0.39 is 10.0 Å². The van der Waals surface area contributed by atoms with Crippen molar-refractivity contribution in [3.05, 3.63) is 82.6 Å².